The van der Waals surface area contributed by atoms with Gasteiger partial charge in [-0.2, -0.15) is 0 Å². The molecule has 0 heterocycles. The van der Waals surface area contributed by atoms with Crippen LogP contribution in [0, 0.1) is 0 Å². The molecule has 6 nitrogen and oxygen atoms in total. The maximum absolute atomic E-state index is 12.4. The Kier molecular flexibility index (Phi) is 49.1. The van der Waals surface area contributed by atoms with E-state index < -0.39 is 12.1 Å². The van der Waals surface area contributed by atoms with Gasteiger partial charge in [-0.3, -0.25) is 9.59 Å². The van der Waals surface area contributed by atoms with Crippen LogP contribution in [0.3, 0.4) is 0 Å². The Balaban J connectivity index is 3.35. The van der Waals surface area contributed by atoms with Crippen LogP contribution in [-0.4, -0.2) is 47.4 Å². The Morgan fingerprint density at radius 2 is 0.800 bits per heavy atom. The van der Waals surface area contributed by atoms with Gasteiger partial charge in [0.1, 0.15) is 0 Å². The molecule has 356 valence electrons. The number of carbonyl (C=O) groups is 2. The molecule has 0 aliphatic heterocycles. The Morgan fingerprint density at radius 1 is 0.450 bits per heavy atom. The Bertz CT molecular complexity index is 893. The Hall–Kier alpha value is -1.40. The number of allylic oxidation sites excluding steroid dienone is 2. The maximum Gasteiger partial charge on any atom is 0.305 e. The highest BCUT2D eigenvalue weighted by molar-refractivity contribution is 5.76. The number of nitrogens with one attached hydrogen (secondary N) is 1. The number of aliphatic hydroxyl groups excluding tert-OH is 2. The lowest BCUT2D eigenvalue weighted by atomic mass is 10.0. The Labute approximate surface area is 374 Å². The predicted octanol–water partition coefficient (Wildman–Crippen LogP) is 16.1. The lowest BCUT2D eigenvalue weighted by molar-refractivity contribution is -0.143. The third kappa shape index (κ3) is 46.1. The minimum absolute atomic E-state index is 0.00214. The second-order valence-electron chi connectivity index (χ2n) is 18.6. The van der Waals surface area contributed by atoms with Crippen LogP contribution in [0.25, 0.3) is 0 Å². The first kappa shape index (κ1) is 58.6. The van der Waals surface area contributed by atoms with Gasteiger partial charge < -0.3 is 20.3 Å². The monoisotopic (exact) mass is 848 g/mol. The van der Waals surface area contributed by atoms with E-state index >= 15 is 0 Å². The van der Waals surface area contributed by atoms with Gasteiger partial charge >= 0.3 is 5.97 Å². The van der Waals surface area contributed by atoms with E-state index in [1.54, 1.807) is 0 Å². The van der Waals surface area contributed by atoms with Crippen molar-refractivity contribution in [3.05, 3.63) is 12.2 Å². The molecule has 6 heteroatoms. The van der Waals surface area contributed by atoms with E-state index in [1.807, 2.05) is 0 Å². The van der Waals surface area contributed by atoms with Gasteiger partial charge in [0.2, 0.25) is 5.91 Å². The van der Waals surface area contributed by atoms with Crippen LogP contribution in [0.5, 0.6) is 0 Å². The summed E-state index contributed by atoms with van der Waals surface area (Å²) < 4.78 is 5.45. The van der Waals surface area contributed by atoms with Crippen molar-refractivity contribution in [3.63, 3.8) is 0 Å². The highest BCUT2D eigenvalue weighted by Gasteiger charge is 2.20. The summed E-state index contributed by atoms with van der Waals surface area (Å²) in [5, 5.41) is 23.1. The van der Waals surface area contributed by atoms with Gasteiger partial charge in [0.05, 0.1) is 25.4 Å². The number of aliphatic hydroxyl groups is 2. The smallest absolute Gasteiger partial charge is 0.305 e. The summed E-state index contributed by atoms with van der Waals surface area (Å²) in [5.41, 5.74) is 0. The lowest BCUT2D eigenvalue weighted by Gasteiger charge is -2.22. The van der Waals surface area contributed by atoms with Crippen LogP contribution >= 0.6 is 0 Å². The standard InChI is InChI=1S/C54H105NO5/c1-3-5-7-9-11-13-27-32-36-40-44-48-54(59)60-49-45-41-37-33-29-26-24-22-20-18-16-15-17-19-21-23-25-28-31-35-39-43-47-53(58)55-51(50-56)52(57)46-42-38-34-30-14-12-10-8-6-4-2/h9,11,51-52,56-57H,3-8,10,12-50H2,1-2H3,(H,55,58)/b11-9-. The number of unbranched alkanes of at least 4 members (excludes halogenated alkanes) is 37. The predicted molar refractivity (Wildman–Crippen MR) is 260 cm³/mol. The summed E-state index contributed by atoms with van der Waals surface area (Å²) in [5.74, 6) is -0.0341. The summed E-state index contributed by atoms with van der Waals surface area (Å²) in [6.07, 6.45) is 57.7. The van der Waals surface area contributed by atoms with Crippen molar-refractivity contribution >= 4 is 11.9 Å². The van der Waals surface area contributed by atoms with E-state index in [-0.39, 0.29) is 18.5 Å². The third-order valence-corrected chi connectivity index (χ3v) is 12.6. The molecular weight excluding hydrogens is 743 g/mol. The molecule has 0 bridgehead atoms. The van der Waals surface area contributed by atoms with Gasteiger partial charge in [0.15, 0.2) is 0 Å². The normalized spacial score (nSPS) is 12.7. The van der Waals surface area contributed by atoms with Crippen LogP contribution in [0.4, 0.5) is 0 Å². The van der Waals surface area contributed by atoms with E-state index in [9.17, 15) is 19.8 Å². The van der Waals surface area contributed by atoms with Crippen molar-refractivity contribution in [1.82, 2.24) is 5.32 Å². The Morgan fingerprint density at radius 3 is 1.23 bits per heavy atom. The molecule has 0 saturated heterocycles. The van der Waals surface area contributed by atoms with E-state index in [0.717, 1.165) is 44.9 Å². The van der Waals surface area contributed by atoms with Gasteiger partial charge in [0.25, 0.3) is 0 Å². The first-order chi connectivity index (χ1) is 29.5. The number of amides is 1. The van der Waals surface area contributed by atoms with Gasteiger partial charge in [-0.25, -0.2) is 0 Å². The minimum Gasteiger partial charge on any atom is -0.466 e. The van der Waals surface area contributed by atoms with Crippen molar-refractivity contribution in [2.45, 2.75) is 309 Å². The van der Waals surface area contributed by atoms with E-state index in [0.29, 0.717) is 25.9 Å². The van der Waals surface area contributed by atoms with Crippen molar-refractivity contribution in [2.24, 2.45) is 0 Å². The molecule has 60 heavy (non-hydrogen) atoms. The fourth-order valence-corrected chi connectivity index (χ4v) is 8.39. The molecule has 0 spiro atoms. The zero-order valence-electron chi connectivity index (χ0n) is 40.5. The molecule has 2 atom stereocenters. The molecule has 0 aliphatic rings. The summed E-state index contributed by atoms with van der Waals surface area (Å²) in [6, 6.07) is -0.539. The zero-order chi connectivity index (χ0) is 43.7. The summed E-state index contributed by atoms with van der Waals surface area (Å²) in [7, 11) is 0. The molecule has 0 aromatic rings. The van der Waals surface area contributed by atoms with Gasteiger partial charge in [0, 0.05) is 12.8 Å². The number of hydrogen-bond acceptors (Lipinski definition) is 5. The molecule has 0 aromatic heterocycles. The number of rotatable bonds is 50. The summed E-state index contributed by atoms with van der Waals surface area (Å²) in [6.45, 7) is 4.90. The lowest BCUT2D eigenvalue weighted by Crippen LogP contribution is -2.45. The molecule has 0 radical (unpaired) electrons. The molecule has 2 unspecified atom stereocenters. The first-order valence-electron chi connectivity index (χ1n) is 26.9. The second kappa shape index (κ2) is 50.2. The third-order valence-electron chi connectivity index (χ3n) is 12.6. The zero-order valence-corrected chi connectivity index (χ0v) is 40.5. The highest BCUT2D eigenvalue weighted by Crippen LogP contribution is 2.17. The quantitative estimate of drug-likeness (QED) is 0.0322. The molecule has 0 fully saturated rings. The molecule has 3 N–H and O–H groups in total. The van der Waals surface area contributed by atoms with Crippen molar-refractivity contribution in [1.29, 1.82) is 0 Å². The van der Waals surface area contributed by atoms with Crippen LogP contribution in [0.1, 0.15) is 296 Å². The summed E-state index contributed by atoms with van der Waals surface area (Å²) >= 11 is 0. The minimum atomic E-state index is -0.661. The van der Waals surface area contributed by atoms with Crippen molar-refractivity contribution in [3.8, 4) is 0 Å². The highest BCUT2D eigenvalue weighted by atomic mass is 16.5. The fourth-order valence-electron chi connectivity index (χ4n) is 8.39. The fraction of sp³-hybridized carbons (Fsp3) is 0.926. The van der Waals surface area contributed by atoms with Crippen molar-refractivity contribution in [2.75, 3.05) is 13.2 Å². The number of hydrogen-bond donors (Lipinski definition) is 3. The van der Waals surface area contributed by atoms with E-state index in [2.05, 4.69) is 31.3 Å². The second-order valence-corrected chi connectivity index (χ2v) is 18.6. The average Bonchev–Trinajstić information content (AvgIpc) is 3.25. The maximum atomic E-state index is 12.4. The number of esters is 1. The number of ether oxygens (including phenoxy) is 1. The van der Waals surface area contributed by atoms with Gasteiger partial charge in [-0.05, 0) is 44.9 Å². The SMILES string of the molecule is CCCC/C=C\CCCCCCCC(=O)OCCCCCCCCCCCCCCCCCCCCCCCCC(=O)NC(CO)C(O)CCCCCCCCCCCC. The molecule has 0 saturated carbocycles. The molecule has 1 amide bonds. The van der Waals surface area contributed by atoms with Crippen LogP contribution in [-0.2, 0) is 14.3 Å². The van der Waals surface area contributed by atoms with Crippen LogP contribution in [0.2, 0.25) is 0 Å². The van der Waals surface area contributed by atoms with E-state index in [4.69, 9.17) is 4.74 Å². The number of carbonyl (C=O) groups excluding carboxylic acids is 2. The van der Waals surface area contributed by atoms with Crippen LogP contribution in [0.15, 0.2) is 12.2 Å². The molecular formula is C54H105NO5. The van der Waals surface area contributed by atoms with Gasteiger partial charge in [-0.1, -0.05) is 251 Å². The van der Waals surface area contributed by atoms with Gasteiger partial charge in [-0.15, -0.1) is 0 Å². The summed E-state index contributed by atoms with van der Waals surface area (Å²) in [4.78, 5) is 24.4. The van der Waals surface area contributed by atoms with Crippen LogP contribution < -0.4 is 5.32 Å². The first-order valence-corrected chi connectivity index (χ1v) is 26.9. The topological polar surface area (TPSA) is 95.9 Å². The average molecular weight is 848 g/mol. The molecule has 0 rings (SSSR count). The molecule has 0 aromatic carbocycles. The van der Waals surface area contributed by atoms with E-state index in [1.165, 1.54) is 218 Å². The largest absolute Gasteiger partial charge is 0.466 e. The van der Waals surface area contributed by atoms with Crippen molar-refractivity contribution < 1.29 is 24.5 Å². The molecule has 0 aliphatic carbocycles.